The molecule has 0 aromatic rings. The van der Waals surface area contributed by atoms with Crippen molar-refractivity contribution in [2.75, 3.05) is 12.9 Å². The Morgan fingerprint density at radius 1 is 1.59 bits per heavy atom. The summed E-state index contributed by atoms with van der Waals surface area (Å²) in [5.41, 5.74) is 5.48. The van der Waals surface area contributed by atoms with E-state index in [0.717, 1.165) is 12.8 Å². The molecule has 8 heteroatoms. The van der Waals surface area contributed by atoms with Gasteiger partial charge >= 0.3 is 5.97 Å². The number of carbonyl (C=O) groups excluding carboxylic acids is 1. The first-order valence-electron chi connectivity index (χ1n) is 5.22. The average Bonchev–Trinajstić information content (AvgIpc) is 3.06. The van der Waals surface area contributed by atoms with Crippen LogP contribution in [0.3, 0.4) is 0 Å². The van der Waals surface area contributed by atoms with Gasteiger partial charge in [-0.05, 0) is 18.8 Å². The van der Waals surface area contributed by atoms with Crippen molar-refractivity contribution >= 4 is 33.2 Å². The van der Waals surface area contributed by atoms with Gasteiger partial charge in [0.2, 0.25) is 10.0 Å². The molecular weight excluding hydrogens is 264 g/mol. The molecular formula is C9H16N2O4S2. The van der Waals surface area contributed by atoms with E-state index < -0.39 is 22.0 Å². The number of carbonyl (C=O) groups is 1. The van der Waals surface area contributed by atoms with Gasteiger partial charge in [0.15, 0.2) is 0 Å². The van der Waals surface area contributed by atoms with E-state index in [1.165, 1.54) is 7.11 Å². The molecule has 0 aliphatic heterocycles. The van der Waals surface area contributed by atoms with Crippen LogP contribution in [0.1, 0.15) is 19.3 Å². The molecule has 1 saturated carbocycles. The summed E-state index contributed by atoms with van der Waals surface area (Å²) in [6.45, 7) is 0. The Balaban J connectivity index is 2.52. The van der Waals surface area contributed by atoms with E-state index >= 15 is 0 Å². The second-order valence-electron chi connectivity index (χ2n) is 3.98. The number of nitrogens with one attached hydrogen (secondary N) is 1. The third-order valence-corrected chi connectivity index (χ3v) is 4.12. The maximum Gasteiger partial charge on any atom is 0.306 e. The van der Waals surface area contributed by atoms with E-state index in [0.29, 0.717) is 0 Å². The highest BCUT2D eigenvalue weighted by Crippen LogP contribution is 2.33. The van der Waals surface area contributed by atoms with Crippen molar-refractivity contribution in [3.8, 4) is 0 Å². The predicted octanol–water partition coefficient (Wildman–Crippen LogP) is -0.466. The summed E-state index contributed by atoms with van der Waals surface area (Å²) < 4.78 is 30.1. The number of rotatable bonds is 7. The van der Waals surface area contributed by atoms with Crippen molar-refractivity contribution in [3.63, 3.8) is 0 Å². The fourth-order valence-electron chi connectivity index (χ4n) is 1.39. The molecule has 0 spiro atoms. The minimum Gasteiger partial charge on any atom is -0.469 e. The van der Waals surface area contributed by atoms with Gasteiger partial charge in [-0.25, -0.2) is 13.1 Å². The van der Waals surface area contributed by atoms with Crippen LogP contribution in [0.4, 0.5) is 0 Å². The Bertz CT molecular complexity index is 403. The van der Waals surface area contributed by atoms with Gasteiger partial charge in [-0.15, -0.1) is 0 Å². The van der Waals surface area contributed by atoms with Gasteiger partial charge in [-0.2, -0.15) is 0 Å². The zero-order chi connectivity index (χ0) is 13.1. The number of esters is 1. The Labute approximate surface area is 106 Å². The maximum atomic E-state index is 11.7. The standard InChI is InChI=1S/C9H16N2O4S2/c1-15-7(12)4-5-17(13,14)11-8(9(10)16)6-2-3-6/h6,8,11H,2-5H2,1H3,(H2,10,16). The molecule has 17 heavy (non-hydrogen) atoms. The predicted molar refractivity (Wildman–Crippen MR) is 66.9 cm³/mol. The number of nitrogens with two attached hydrogens (primary N) is 1. The first-order chi connectivity index (χ1) is 7.85. The molecule has 98 valence electrons. The summed E-state index contributed by atoms with van der Waals surface area (Å²) >= 11 is 4.82. The largest absolute Gasteiger partial charge is 0.469 e. The number of sulfonamides is 1. The molecule has 0 aromatic heterocycles. The van der Waals surface area contributed by atoms with Gasteiger partial charge in [-0.3, -0.25) is 4.79 Å². The van der Waals surface area contributed by atoms with Gasteiger partial charge in [0.25, 0.3) is 0 Å². The second-order valence-corrected chi connectivity index (χ2v) is 6.33. The lowest BCUT2D eigenvalue weighted by Gasteiger charge is -2.16. The lowest BCUT2D eigenvalue weighted by atomic mass is 10.2. The minimum atomic E-state index is -3.55. The molecule has 1 unspecified atom stereocenters. The summed E-state index contributed by atoms with van der Waals surface area (Å²) in [5, 5.41) is 0. The number of ether oxygens (including phenoxy) is 1. The molecule has 0 saturated heterocycles. The second kappa shape index (κ2) is 5.74. The van der Waals surface area contributed by atoms with Gasteiger partial charge in [0.1, 0.15) is 0 Å². The highest BCUT2D eigenvalue weighted by Gasteiger charge is 2.35. The molecule has 1 aliphatic carbocycles. The van der Waals surface area contributed by atoms with Crippen molar-refractivity contribution in [2.24, 2.45) is 11.7 Å². The Kier molecular flexibility index (Phi) is 4.84. The molecule has 1 rings (SSSR count). The van der Waals surface area contributed by atoms with Gasteiger partial charge in [0.05, 0.1) is 30.3 Å². The number of hydrogen-bond donors (Lipinski definition) is 2. The van der Waals surface area contributed by atoms with Crippen LogP contribution < -0.4 is 10.5 Å². The van der Waals surface area contributed by atoms with Crippen molar-refractivity contribution in [2.45, 2.75) is 25.3 Å². The Hall–Kier alpha value is -0.730. The van der Waals surface area contributed by atoms with E-state index in [-0.39, 0.29) is 23.1 Å². The molecule has 1 atom stereocenters. The molecule has 6 nitrogen and oxygen atoms in total. The van der Waals surface area contributed by atoms with Crippen LogP contribution in [-0.4, -0.2) is 38.3 Å². The van der Waals surface area contributed by atoms with Gasteiger partial charge in [-0.1, -0.05) is 12.2 Å². The molecule has 0 radical (unpaired) electrons. The van der Waals surface area contributed by atoms with Gasteiger partial charge in [0, 0.05) is 0 Å². The quantitative estimate of drug-likeness (QED) is 0.483. The highest BCUT2D eigenvalue weighted by atomic mass is 32.2. The molecule has 0 amide bonds. The maximum absolute atomic E-state index is 11.7. The first kappa shape index (κ1) is 14.3. The van der Waals surface area contributed by atoms with E-state index in [2.05, 4.69) is 9.46 Å². The van der Waals surface area contributed by atoms with E-state index in [4.69, 9.17) is 18.0 Å². The lowest BCUT2D eigenvalue weighted by molar-refractivity contribution is -0.140. The topological polar surface area (TPSA) is 98.5 Å². The van der Waals surface area contributed by atoms with E-state index in [1.807, 2.05) is 0 Å². The van der Waals surface area contributed by atoms with Crippen LogP contribution in [-0.2, 0) is 19.6 Å². The van der Waals surface area contributed by atoms with Crippen molar-refractivity contribution < 1.29 is 17.9 Å². The average molecular weight is 280 g/mol. The zero-order valence-electron chi connectivity index (χ0n) is 9.51. The summed E-state index contributed by atoms with van der Waals surface area (Å²) in [6.07, 6.45) is 1.66. The van der Waals surface area contributed by atoms with Crippen molar-refractivity contribution in [1.82, 2.24) is 4.72 Å². The summed E-state index contributed by atoms with van der Waals surface area (Å²) in [6, 6.07) is -0.493. The van der Waals surface area contributed by atoms with Gasteiger partial charge < -0.3 is 10.5 Å². The molecule has 3 N–H and O–H groups in total. The molecule has 1 fully saturated rings. The van der Waals surface area contributed by atoms with Crippen LogP contribution >= 0.6 is 12.2 Å². The van der Waals surface area contributed by atoms with Crippen LogP contribution in [0.25, 0.3) is 0 Å². The fraction of sp³-hybridized carbons (Fsp3) is 0.778. The third kappa shape index (κ3) is 4.97. The monoisotopic (exact) mass is 280 g/mol. The molecule has 0 aromatic carbocycles. The molecule has 0 bridgehead atoms. The Morgan fingerprint density at radius 2 is 2.18 bits per heavy atom. The number of thiocarbonyl (C=S) groups is 1. The summed E-state index contributed by atoms with van der Waals surface area (Å²) in [5.74, 6) is -0.681. The van der Waals surface area contributed by atoms with E-state index in [9.17, 15) is 13.2 Å². The first-order valence-corrected chi connectivity index (χ1v) is 7.28. The third-order valence-electron chi connectivity index (χ3n) is 2.51. The highest BCUT2D eigenvalue weighted by molar-refractivity contribution is 7.89. The molecule has 1 aliphatic rings. The smallest absolute Gasteiger partial charge is 0.306 e. The normalized spacial score (nSPS) is 17.5. The lowest BCUT2D eigenvalue weighted by Crippen LogP contribution is -2.45. The van der Waals surface area contributed by atoms with Crippen molar-refractivity contribution in [1.29, 1.82) is 0 Å². The van der Waals surface area contributed by atoms with E-state index in [1.54, 1.807) is 0 Å². The van der Waals surface area contributed by atoms with Crippen LogP contribution in [0.5, 0.6) is 0 Å². The zero-order valence-corrected chi connectivity index (χ0v) is 11.1. The van der Waals surface area contributed by atoms with Crippen LogP contribution in [0.2, 0.25) is 0 Å². The number of hydrogen-bond acceptors (Lipinski definition) is 5. The van der Waals surface area contributed by atoms with Crippen LogP contribution in [0, 0.1) is 5.92 Å². The molecule has 0 heterocycles. The SMILES string of the molecule is COC(=O)CCS(=O)(=O)NC(C(N)=S)C1CC1. The number of methoxy groups -OCH3 is 1. The fourth-order valence-corrected chi connectivity index (χ4v) is 2.97. The Morgan fingerprint density at radius 3 is 2.59 bits per heavy atom. The summed E-state index contributed by atoms with van der Waals surface area (Å²) in [7, 11) is -2.34. The summed E-state index contributed by atoms with van der Waals surface area (Å²) in [4.78, 5) is 11.0. The van der Waals surface area contributed by atoms with Crippen LogP contribution in [0.15, 0.2) is 0 Å². The van der Waals surface area contributed by atoms with Crippen molar-refractivity contribution in [3.05, 3.63) is 0 Å². The minimum absolute atomic E-state index is 0.147.